The average molecular weight is 525 g/mol. The Morgan fingerprint density at radius 3 is 2.39 bits per heavy atom. The molecule has 0 atom stereocenters. The molecular weight excluding hydrogens is 496 g/mol. The molecule has 0 spiro atoms. The minimum atomic E-state index is 0.157. The van der Waals surface area contributed by atoms with Gasteiger partial charge in [-0.1, -0.05) is 65.8 Å². The molecule has 0 fully saturated rings. The number of carbonyl (C=O) groups excluding carboxylic acids is 1. The molecule has 0 saturated heterocycles. The fraction of sp³-hybridized carbons (Fsp3) is 0.188. The molecule has 38 heavy (non-hydrogen) atoms. The van der Waals surface area contributed by atoms with Crippen LogP contribution in [-0.4, -0.2) is 22.8 Å². The quantitative estimate of drug-likeness (QED) is 0.183. The first-order valence-corrected chi connectivity index (χ1v) is 13.0. The second kappa shape index (κ2) is 11.1. The molecule has 0 N–H and O–H groups in total. The fourth-order valence-corrected chi connectivity index (χ4v) is 4.78. The molecule has 1 heterocycles. The van der Waals surface area contributed by atoms with Crippen LogP contribution in [0.1, 0.15) is 41.3 Å². The molecule has 0 radical (unpaired) electrons. The summed E-state index contributed by atoms with van der Waals surface area (Å²) < 4.78 is 5.37. The van der Waals surface area contributed by atoms with E-state index in [1.54, 1.807) is 12.0 Å². The van der Waals surface area contributed by atoms with E-state index in [1.165, 1.54) is 0 Å². The number of aryl methyl sites for hydroxylation is 1. The molecular formula is C32H29ClN2O3. The van der Waals surface area contributed by atoms with Gasteiger partial charge in [0, 0.05) is 28.1 Å². The Labute approximate surface area is 227 Å². The van der Waals surface area contributed by atoms with Crippen molar-refractivity contribution in [1.29, 1.82) is 0 Å². The largest absolute Gasteiger partial charge is 0.497 e. The van der Waals surface area contributed by atoms with Gasteiger partial charge in [0.25, 0.3) is 0 Å². The second-order valence-corrected chi connectivity index (χ2v) is 9.81. The highest BCUT2D eigenvalue weighted by Crippen LogP contribution is 2.31. The van der Waals surface area contributed by atoms with Crippen LogP contribution in [0.15, 0.2) is 84.9 Å². The van der Waals surface area contributed by atoms with Gasteiger partial charge in [-0.3, -0.25) is 4.79 Å². The number of Topliss-reactive ketones (excluding diaryl/α,β-unsaturated/α-hetero) is 1. The summed E-state index contributed by atoms with van der Waals surface area (Å²) >= 11 is 6.35. The standard InChI is InChI=1S/C32H29ClN2O3/c1-4-5-32(36)23-8-6-22(7-9-23)20-38-35-31(19-30(34-35)27-14-21(2)15-28(33)17-27)26-11-10-25-18-29(37-3)13-12-24(25)16-26/h6-19H,4-5,20H2,1-3H3. The fourth-order valence-electron chi connectivity index (χ4n) is 4.49. The number of halogens is 1. The highest BCUT2D eigenvalue weighted by atomic mass is 35.5. The van der Waals surface area contributed by atoms with Crippen LogP contribution in [0, 0.1) is 6.92 Å². The third-order valence-corrected chi connectivity index (χ3v) is 6.68. The van der Waals surface area contributed by atoms with Crippen molar-refractivity contribution in [2.45, 2.75) is 33.3 Å². The zero-order valence-corrected chi connectivity index (χ0v) is 22.5. The Balaban J connectivity index is 1.49. The molecule has 1 aromatic heterocycles. The predicted octanol–water partition coefficient (Wildman–Crippen LogP) is 7.95. The average Bonchev–Trinajstić information content (AvgIpc) is 3.35. The topological polar surface area (TPSA) is 53.4 Å². The molecule has 0 saturated carbocycles. The van der Waals surface area contributed by atoms with Gasteiger partial charge in [-0.25, -0.2) is 0 Å². The van der Waals surface area contributed by atoms with Crippen LogP contribution in [0.4, 0.5) is 0 Å². The van der Waals surface area contributed by atoms with Crippen LogP contribution in [-0.2, 0) is 6.61 Å². The van der Waals surface area contributed by atoms with Gasteiger partial charge in [-0.2, -0.15) is 0 Å². The van der Waals surface area contributed by atoms with Gasteiger partial charge in [0.05, 0.1) is 12.8 Å². The Bertz CT molecular complexity index is 1590. The maximum atomic E-state index is 12.2. The van der Waals surface area contributed by atoms with Crippen molar-refractivity contribution in [3.63, 3.8) is 0 Å². The lowest BCUT2D eigenvalue weighted by Crippen LogP contribution is -2.14. The highest BCUT2D eigenvalue weighted by Gasteiger charge is 2.15. The van der Waals surface area contributed by atoms with E-state index < -0.39 is 0 Å². The number of hydrogen-bond donors (Lipinski definition) is 0. The van der Waals surface area contributed by atoms with Crippen LogP contribution in [0.2, 0.25) is 5.02 Å². The van der Waals surface area contributed by atoms with E-state index in [0.29, 0.717) is 18.1 Å². The van der Waals surface area contributed by atoms with Gasteiger partial charge in [0.15, 0.2) is 5.78 Å². The van der Waals surface area contributed by atoms with Gasteiger partial charge in [0.1, 0.15) is 18.1 Å². The third-order valence-electron chi connectivity index (χ3n) is 6.47. The first-order chi connectivity index (χ1) is 18.4. The summed E-state index contributed by atoms with van der Waals surface area (Å²) in [4.78, 5) is 20.0. The Morgan fingerprint density at radius 2 is 1.66 bits per heavy atom. The molecule has 0 aliphatic heterocycles. The van der Waals surface area contributed by atoms with Gasteiger partial charge >= 0.3 is 0 Å². The van der Waals surface area contributed by atoms with Crippen molar-refractivity contribution in [2.75, 3.05) is 7.11 Å². The van der Waals surface area contributed by atoms with Crippen molar-refractivity contribution in [3.8, 4) is 28.3 Å². The maximum absolute atomic E-state index is 12.2. The van der Waals surface area contributed by atoms with E-state index in [2.05, 4.69) is 24.3 Å². The number of hydrogen-bond acceptors (Lipinski definition) is 4. The zero-order chi connectivity index (χ0) is 26.6. The third kappa shape index (κ3) is 5.58. The summed E-state index contributed by atoms with van der Waals surface area (Å²) in [5, 5.41) is 7.63. The van der Waals surface area contributed by atoms with E-state index in [4.69, 9.17) is 26.3 Å². The summed E-state index contributed by atoms with van der Waals surface area (Å²) in [6.07, 6.45) is 1.39. The summed E-state index contributed by atoms with van der Waals surface area (Å²) in [6, 6.07) is 27.7. The van der Waals surface area contributed by atoms with E-state index in [-0.39, 0.29) is 5.78 Å². The minimum absolute atomic E-state index is 0.157. The van der Waals surface area contributed by atoms with E-state index >= 15 is 0 Å². The summed E-state index contributed by atoms with van der Waals surface area (Å²) in [7, 11) is 1.67. The van der Waals surface area contributed by atoms with Crippen molar-refractivity contribution < 1.29 is 14.4 Å². The number of nitrogens with zero attached hydrogens (tertiary/aromatic N) is 2. The molecule has 0 aliphatic carbocycles. The van der Waals surface area contributed by atoms with Crippen molar-refractivity contribution in [3.05, 3.63) is 107 Å². The van der Waals surface area contributed by atoms with E-state index in [9.17, 15) is 4.79 Å². The minimum Gasteiger partial charge on any atom is -0.497 e. The summed E-state index contributed by atoms with van der Waals surface area (Å²) in [5.41, 5.74) is 6.21. The van der Waals surface area contributed by atoms with Gasteiger partial charge in [-0.05, 0) is 77.7 Å². The molecule has 5 aromatic rings. The zero-order valence-electron chi connectivity index (χ0n) is 21.7. The lowest BCUT2D eigenvalue weighted by atomic mass is 10.0. The molecule has 192 valence electrons. The molecule has 6 heteroatoms. The molecule has 5 nitrogen and oxygen atoms in total. The maximum Gasteiger partial charge on any atom is 0.162 e. The van der Waals surface area contributed by atoms with Crippen LogP contribution in [0.3, 0.4) is 0 Å². The van der Waals surface area contributed by atoms with Gasteiger partial charge in [-0.15, -0.1) is 5.10 Å². The van der Waals surface area contributed by atoms with Gasteiger partial charge in [0.2, 0.25) is 0 Å². The Kier molecular flexibility index (Phi) is 7.47. The number of fused-ring (bicyclic) bond motifs is 1. The number of aromatic nitrogens is 2. The predicted molar refractivity (Wildman–Crippen MR) is 153 cm³/mol. The Morgan fingerprint density at radius 1 is 0.895 bits per heavy atom. The van der Waals surface area contributed by atoms with Crippen LogP contribution < -0.4 is 9.57 Å². The number of ketones is 1. The molecule has 0 aliphatic rings. The number of carbonyl (C=O) groups is 1. The van der Waals surface area contributed by atoms with E-state index in [1.807, 2.05) is 74.5 Å². The van der Waals surface area contributed by atoms with Crippen molar-refractivity contribution in [1.82, 2.24) is 9.94 Å². The first-order valence-electron chi connectivity index (χ1n) is 12.6. The molecule has 5 rings (SSSR count). The molecule has 0 unspecified atom stereocenters. The Hall–Kier alpha value is -4.09. The summed E-state index contributed by atoms with van der Waals surface area (Å²) in [5.74, 6) is 0.976. The lowest BCUT2D eigenvalue weighted by Gasteiger charge is -2.11. The lowest BCUT2D eigenvalue weighted by molar-refractivity contribution is 0.0741. The number of methoxy groups -OCH3 is 1. The van der Waals surface area contributed by atoms with Crippen LogP contribution >= 0.6 is 11.6 Å². The van der Waals surface area contributed by atoms with Crippen LogP contribution in [0.5, 0.6) is 5.75 Å². The van der Waals surface area contributed by atoms with Crippen molar-refractivity contribution in [2.24, 2.45) is 0 Å². The summed E-state index contributed by atoms with van der Waals surface area (Å²) in [6.45, 7) is 4.32. The smallest absolute Gasteiger partial charge is 0.162 e. The second-order valence-electron chi connectivity index (χ2n) is 9.38. The first kappa shape index (κ1) is 25.6. The normalized spacial score (nSPS) is 11.1. The monoisotopic (exact) mass is 524 g/mol. The molecule has 0 amide bonds. The number of ether oxygens (including phenoxy) is 1. The van der Waals surface area contributed by atoms with Crippen molar-refractivity contribution >= 4 is 28.2 Å². The highest BCUT2D eigenvalue weighted by molar-refractivity contribution is 6.31. The SMILES string of the molecule is CCCC(=O)c1ccc(COn2nc(-c3cc(C)cc(Cl)c3)cc2-c2ccc3cc(OC)ccc3c2)cc1. The van der Waals surface area contributed by atoms with Crippen LogP contribution in [0.25, 0.3) is 33.3 Å². The number of rotatable bonds is 9. The van der Waals surface area contributed by atoms with E-state index in [0.717, 1.165) is 62.1 Å². The van der Waals surface area contributed by atoms with Gasteiger partial charge < -0.3 is 9.57 Å². The molecule has 4 aromatic carbocycles. The number of benzene rings is 4. The molecule has 0 bridgehead atoms.